The zero-order chi connectivity index (χ0) is 17.6. The third-order valence-electron chi connectivity index (χ3n) is 3.13. The highest BCUT2D eigenvalue weighted by Crippen LogP contribution is 2.35. The summed E-state index contributed by atoms with van der Waals surface area (Å²) in [5.74, 6) is -0.313. The predicted molar refractivity (Wildman–Crippen MR) is 82.0 cm³/mol. The zero-order valence-corrected chi connectivity index (χ0v) is 13.5. The Balaban J connectivity index is 2.57. The fourth-order valence-electron chi connectivity index (χ4n) is 2.05. The van der Waals surface area contributed by atoms with E-state index < -0.39 is 23.8 Å². The maximum absolute atomic E-state index is 12.8. The number of para-hydroxylation sites is 1. The van der Waals surface area contributed by atoms with Gasteiger partial charge < -0.3 is 15.8 Å². The number of amides is 1. The van der Waals surface area contributed by atoms with Crippen molar-refractivity contribution in [3.63, 3.8) is 0 Å². The number of halogens is 3. The van der Waals surface area contributed by atoms with Gasteiger partial charge in [-0.25, -0.2) is 0 Å². The van der Waals surface area contributed by atoms with Gasteiger partial charge in [-0.3, -0.25) is 4.79 Å². The van der Waals surface area contributed by atoms with Gasteiger partial charge >= 0.3 is 6.18 Å². The molecule has 0 heterocycles. The van der Waals surface area contributed by atoms with E-state index in [9.17, 15) is 18.0 Å². The van der Waals surface area contributed by atoms with E-state index >= 15 is 0 Å². The Morgan fingerprint density at radius 2 is 1.87 bits per heavy atom. The average Bonchev–Trinajstić information content (AvgIpc) is 2.43. The minimum atomic E-state index is -4.48. The van der Waals surface area contributed by atoms with Gasteiger partial charge in [0, 0.05) is 0 Å². The second-order valence-electron chi connectivity index (χ2n) is 5.95. The summed E-state index contributed by atoms with van der Waals surface area (Å²) < 4.78 is 43.7. The molecule has 0 aliphatic carbocycles. The first kappa shape index (κ1) is 19.3. The maximum Gasteiger partial charge on any atom is 0.419 e. The Bertz CT molecular complexity index is 518. The van der Waals surface area contributed by atoms with Gasteiger partial charge in [-0.2, -0.15) is 13.2 Å². The Labute approximate surface area is 134 Å². The molecule has 1 aromatic rings. The molecule has 4 nitrogen and oxygen atoms in total. The third-order valence-corrected chi connectivity index (χ3v) is 3.13. The Kier molecular flexibility index (Phi) is 6.87. The summed E-state index contributed by atoms with van der Waals surface area (Å²) >= 11 is 0. The van der Waals surface area contributed by atoms with Gasteiger partial charge in [-0.1, -0.05) is 26.0 Å². The molecular weight excluding hydrogens is 309 g/mol. The van der Waals surface area contributed by atoms with Crippen molar-refractivity contribution in [1.29, 1.82) is 0 Å². The lowest BCUT2D eigenvalue weighted by Gasteiger charge is -2.20. The third kappa shape index (κ3) is 6.48. The summed E-state index contributed by atoms with van der Waals surface area (Å²) in [6, 6.07) is 3.87. The normalized spacial score (nSPS) is 14.4. The summed E-state index contributed by atoms with van der Waals surface area (Å²) in [6.07, 6.45) is -3.95. The number of alkyl halides is 3. The predicted octanol–water partition coefficient (Wildman–Crippen LogP) is 2.96. The van der Waals surface area contributed by atoms with E-state index in [1.54, 1.807) is 6.92 Å². The van der Waals surface area contributed by atoms with E-state index in [-0.39, 0.29) is 24.2 Å². The Morgan fingerprint density at radius 3 is 2.43 bits per heavy atom. The number of benzene rings is 1. The van der Waals surface area contributed by atoms with Crippen molar-refractivity contribution in [3.05, 3.63) is 29.8 Å². The lowest BCUT2D eigenvalue weighted by molar-refractivity contribution is -0.139. The number of hydrogen-bond donors (Lipinski definition) is 2. The highest BCUT2D eigenvalue weighted by Gasteiger charge is 2.34. The van der Waals surface area contributed by atoms with Crippen LogP contribution in [0.3, 0.4) is 0 Å². The van der Waals surface area contributed by atoms with Crippen LogP contribution in [-0.4, -0.2) is 24.6 Å². The molecule has 0 aliphatic rings. The van der Waals surface area contributed by atoms with Crippen molar-refractivity contribution >= 4 is 5.91 Å². The molecule has 0 spiro atoms. The fourth-order valence-corrected chi connectivity index (χ4v) is 2.05. The number of nitrogens with two attached hydrogens (primary N) is 1. The van der Waals surface area contributed by atoms with Crippen LogP contribution in [0.25, 0.3) is 0 Å². The van der Waals surface area contributed by atoms with E-state index in [2.05, 4.69) is 5.32 Å². The summed E-state index contributed by atoms with van der Waals surface area (Å²) in [4.78, 5) is 11.9. The molecule has 0 bridgehead atoms. The van der Waals surface area contributed by atoms with Crippen molar-refractivity contribution in [2.75, 3.05) is 6.61 Å². The summed E-state index contributed by atoms with van der Waals surface area (Å²) in [7, 11) is 0. The second-order valence-corrected chi connectivity index (χ2v) is 5.95. The average molecular weight is 332 g/mol. The zero-order valence-electron chi connectivity index (χ0n) is 13.5. The van der Waals surface area contributed by atoms with Crippen LogP contribution in [0, 0.1) is 5.92 Å². The van der Waals surface area contributed by atoms with Crippen molar-refractivity contribution < 1.29 is 22.7 Å². The molecule has 3 N–H and O–H groups in total. The molecule has 0 radical (unpaired) electrons. The second kappa shape index (κ2) is 8.19. The topological polar surface area (TPSA) is 64.4 Å². The van der Waals surface area contributed by atoms with Gasteiger partial charge in [-0.15, -0.1) is 0 Å². The summed E-state index contributed by atoms with van der Waals surface area (Å²) in [6.45, 7) is 5.48. The fraction of sp³-hybridized carbons (Fsp3) is 0.562. The van der Waals surface area contributed by atoms with Gasteiger partial charge in [0.1, 0.15) is 12.4 Å². The van der Waals surface area contributed by atoms with Crippen LogP contribution < -0.4 is 15.8 Å². The van der Waals surface area contributed by atoms with Crippen LogP contribution >= 0.6 is 0 Å². The highest BCUT2D eigenvalue weighted by molar-refractivity contribution is 5.81. The van der Waals surface area contributed by atoms with E-state index in [4.69, 9.17) is 10.5 Å². The molecular formula is C16H23F3N2O2. The molecule has 0 fully saturated rings. The maximum atomic E-state index is 12.8. The number of nitrogens with one attached hydrogen (secondary N) is 1. The summed E-state index contributed by atoms with van der Waals surface area (Å²) in [5.41, 5.74) is 4.92. The van der Waals surface area contributed by atoms with Crippen molar-refractivity contribution in [3.8, 4) is 5.75 Å². The van der Waals surface area contributed by atoms with Gasteiger partial charge in [0.05, 0.1) is 17.6 Å². The molecule has 130 valence electrons. The first-order valence-electron chi connectivity index (χ1n) is 7.46. The van der Waals surface area contributed by atoms with Gasteiger partial charge in [0.2, 0.25) is 5.91 Å². The highest BCUT2D eigenvalue weighted by atomic mass is 19.4. The van der Waals surface area contributed by atoms with E-state index in [1.165, 1.54) is 18.2 Å². The molecule has 0 saturated carbocycles. The first-order valence-corrected chi connectivity index (χ1v) is 7.46. The molecule has 0 aliphatic heterocycles. The molecule has 0 aromatic heterocycles. The molecule has 1 aromatic carbocycles. The van der Waals surface area contributed by atoms with Gasteiger partial charge in [0.15, 0.2) is 0 Å². The smallest absolute Gasteiger partial charge is 0.419 e. The van der Waals surface area contributed by atoms with Gasteiger partial charge in [-0.05, 0) is 31.4 Å². The number of carbonyl (C=O) groups excluding carboxylic acids is 1. The van der Waals surface area contributed by atoms with E-state index in [0.29, 0.717) is 6.42 Å². The first-order chi connectivity index (χ1) is 10.6. The van der Waals surface area contributed by atoms with Crippen molar-refractivity contribution in [2.45, 2.75) is 45.5 Å². The number of hydrogen-bond acceptors (Lipinski definition) is 3. The van der Waals surface area contributed by atoms with Crippen molar-refractivity contribution in [2.24, 2.45) is 11.7 Å². The van der Waals surface area contributed by atoms with Gasteiger partial charge in [0.25, 0.3) is 0 Å². The molecule has 0 saturated heterocycles. The minimum absolute atomic E-state index is 0.0762. The van der Waals surface area contributed by atoms with Crippen LogP contribution in [-0.2, 0) is 11.0 Å². The molecule has 1 amide bonds. The lowest BCUT2D eigenvalue weighted by atomic mass is 10.0. The lowest BCUT2D eigenvalue weighted by Crippen LogP contribution is -2.46. The van der Waals surface area contributed by atoms with Crippen LogP contribution in [0.5, 0.6) is 5.75 Å². The summed E-state index contributed by atoms with van der Waals surface area (Å²) in [5, 5.41) is 2.64. The van der Waals surface area contributed by atoms with Crippen LogP contribution in [0.4, 0.5) is 13.2 Å². The SMILES string of the molecule is CC(C)C[C@H](N)C(=O)NC(C)COc1ccccc1C(F)(F)F. The number of carbonyl (C=O) groups is 1. The Morgan fingerprint density at radius 1 is 1.26 bits per heavy atom. The number of ether oxygens (including phenoxy) is 1. The van der Waals surface area contributed by atoms with Crippen molar-refractivity contribution in [1.82, 2.24) is 5.32 Å². The van der Waals surface area contributed by atoms with E-state index in [1.807, 2.05) is 13.8 Å². The van der Waals surface area contributed by atoms with Crippen LogP contribution in [0.2, 0.25) is 0 Å². The Hall–Kier alpha value is -1.76. The molecule has 23 heavy (non-hydrogen) atoms. The number of rotatable bonds is 7. The molecule has 7 heteroatoms. The monoisotopic (exact) mass is 332 g/mol. The molecule has 1 rings (SSSR count). The minimum Gasteiger partial charge on any atom is -0.491 e. The van der Waals surface area contributed by atoms with Crippen LogP contribution in [0.15, 0.2) is 24.3 Å². The molecule has 2 atom stereocenters. The van der Waals surface area contributed by atoms with Crippen LogP contribution in [0.1, 0.15) is 32.8 Å². The largest absolute Gasteiger partial charge is 0.491 e. The van der Waals surface area contributed by atoms with E-state index in [0.717, 1.165) is 6.07 Å². The standard InChI is InChI=1S/C16H23F3N2O2/c1-10(2)8-13(20)15(22)21-11(3)9-23-14-7-5-4-6-12(14)16(17,18)19/h4-7,10-11,13H,8-9,20H2,1-3H3,(H,21,22)/t11?,13-/m0/s1. The quantitative estimate of drug-likeness (QED) is 0.807. The molecule has 1 unspecified atom stereocenters.